The molecule has 1 aliphatic carbocycles. The van der Waals surface area contributed by atoms with Crippen molar-refractivity contribution in [2.24, 2.45) is 5.41 Å². The summed E-state index contributed by atoms with van der Waals surface area (Å²) in [4.78, 5) is 14.7. The van der Waals surface area contributed by atoms with E-state index in [9.17, 15) is 4.79 Å². The fourth-order valence-electron chi connectivity index (χ4n) is 3.24. The Morgan fingerprint density at radius 3 is 2.39 bits per heavy atom. The van der Waals surface area contributed by atoms with Crippen LogP contribution >= 0.6 is 0 Å². The van der Waals surface area contributed by atoms with Crippen molar-refractivity contribution in [2.75, 3.05) is 13.1 Å². The van der Waals surface area contributed by atoms with Crippen LogP contribution in [0.4, 0.5) is 0 Å². The van der Waals surface area contributed by atoms with Gasteiger partial charge in [0, 0.05) is 19.1 Å². The van der Waals surface area contributed by atoms with Crippen LogP contribution in [0.5, 0.6) is 0 Å². The number of nitrogens with one attached hydrogen (secondary N) is 1. The molecule has 0 bridgehead atoms. The maximum Gasteiger partial charge on any atom is 0.239 e. The fraction of sp³-hybridized carbons (Fsp3) is 0.933. The van der Waals surface area contributed by atoms with E-state index in [4.69, 9.17) is 0 Å². The molecule has 18 heavy (non-hydrogen) atoms. The Morgan fingerprint density at radius 2 is 1.78 bits per heavy atom. The van der Waals surface area contributed by atoms with E-state index in [2.05, 4.69) is 24.1 Å². The van der Waals surface area contributed by atoms with Crippen molar-refractivity contribution in [3.8, 4) is 0 Å². The molecule has 3 nitrogen and oxygen atoms in total. The zero-order valence-electron chi connectivity index (χ0n) is 12.2. The van der Waals surface area contributed by atoms with Gasteiger partial charge in [-0.3, -0.25) is 4.79 Å². The van der Waals surface area contributed by atoms with Gasteiger partial charge in [0.05, 0.1) is 6.04 Å². The lowest BCUT2D eigenvalue weighted by atomic mass is 9.92. The molecule has 1 saturated carbocycles. The molecule has 104 valence electrons. The van der Waals surface area contributed by atoms with Crippen molar-refractivity contribution >= 4 is 5.91 Å². The number of carbonyl (C=O) groups is 1. The minimum absolute atomic E-state index is 0.0185. The smallest absolute Gasteiger partial charge is 0.239 e. The molecule has 1 atom stereocenters. The quantitative estimate of drug-likeness (QED) is 0.727. The second-order valence-corrected chi connectivity index (χ2v) is 6.88. The first-order valence-corrected chi connectivity index (χ1v) is 7.53. The third-order valence-electron chi connectivity index (χ3n) is 4.40. The highest BCUT2D eigenvalue weighted by Crippen LogP contribution is 2.27. The van der Waals surface area contributed by atoms with Crippen LogP contribution in [0.3, 0.4) is 0 Å². The van der Waals surface area contributed by atoms with E-state index in [1.165, 1.54) is 38.5 Å². The Labute approximate surface area is 111 Å². The van der Waals surface area contributed by atoms with Crippen molar-refractivity contribution < 1.29 is 4.79 Å². The molecule has 0 aromatic rings. The van der Waals surface area contributed by atoms with Crippen molar-refractivity contribution in [3.05, 3.63) is 0 Å². The number of hydrogen-bond donors (Lipinski definition) is 1. The maximum atomic E-state index is 12.5. The molecule has 0 spiro atoms. The minimum Gasteiger partial charge on any atom is -0.338 e. The summed E-state index contributed by atoms with van der Waals surface area (Å²) >= 11 is 0. The van der Waals surface area contributed by atoms with Gasteiger partial charge in [0.25, 0.3) is 0 Å². The fourth-order valence-corrected chi connectivity index (χ4v) is 3.24. The molecule has 1 saturated heterocycles. The number of hydrogen-bond acceptors (Lipinski definition) is 2. The lowest BCUT2D eigenvalue weighted by Crippen LogP contribution is -2.47. The Balaban J connectivity index is 2.13. The molecule has 0 aromatic carbocycles. The molecular formula is C15H28N2O. The van der Waals surface area contributed by atoms with Crippen molar-refractivity contribution in [1.82, 2.24) is 10.2 Å². The summed E-state index contributed by atoms with van der Waals surface area (Å²) in [5.41, 5.74) is 0.187. The average molecular weight is 252 g/mol. The summed E-state index contributed by atoms with van der Waals surface area (Å²) in [7, 11) is 0. The van der Waals surface area contributed by atoms with Crippen LogP contribution in [0.15, 0.2) is 0 Å². The van der Waals surface area contributed by atoms with E-state index in [1.807, 2.05) is 6.92 Å². The molecule has 1 heterocycles. The van der Waals surface area contributed by atoms with Crippen molar-refractivity contribution in [3.63, 3.8) is 0 Å². The van der Waals surface area contributed by atoms with Crippen LogP contribution in [0, 0.1) is 5.41 Å². The molecular weight excluding hydrogens is 224 g/mol. The van der Waals surface area contributed by atoms with Crippen LogP contribution < -0.4 is 5.32 Å². The Morgan fingerprint density at radius 1 is 1.17 bits per heavy atom. The second-order valence-electron chi connectivity index (χ2n) is 6.88. The third-order valence-corrected chi connectivity index (χ3v) is 4.40. The average Bonchev–Trinajstić information content (AvgIpc) is 2.64. The summed E-state index contributed by atoms with van der Waals surface area (Å²) in [6.07, 6.45) is 7.67. The van der Waals surface area contributed by atoms with Gasteiger partial charge >= 0.3 is 0 Å². The molecule has 2 rings (SSSR count). The minimum atomic E-state index is -0.0185. The zero-order valence-corrected chi connectivity index (χ0v) is 12.2. The van der Waals surface area contributed by atoms with Gasteiger partial charge in [-0.15, -0.1) is 0 Å². The van der Waals surface area contributed by atoms with Crippen LogP contribution in [-0.2, 0) is 4.79 Å². The number of carbonyl (C=O) groups excluding carboxylic acids is 1. The predicted molar refractivity (Wildman–Crippen MR) is 74.4 cm³/mol. The van der Waals surface area contributed by atoms with Crippen LogP contribution in [0.25, 0.3) is 0 Å². The van der Waals surface area contributed by atoms with Gasteiger partial charge in [-0.1, -0.05) is 39.5 Å². The van der Waals surface area contributed by atoms with Gasteiger partial charge in [0.1, 0.15) is 0 Å². The van der Waals surface area contributed by atoms with Gasteiger partial charge in [-0.2, -0.15) is 0 Å². The highest BCUT2D eigenvalue weighted by molar-refractivity contribution is 5.82. The highest BCUT2D eigenvalue weighted by atomic mass is 16.2. The van der Waals surface area contributed by atoms with Gasteiger partial charge in [-0.25, -0.2) is 0 Å². The lowest BCUT2D eigenvalue weighted by Gasteiger charge is -2.35. The molecule has 2 fully saturated rings. The maximum absolute atomic E-state index is 12.5. The molecule has 1 unspecified atom stereocenters. The lowest BCUT2D eigenvalue weighted by molar-refractivity contribution is -0.135. The Kier molecular flexibility index (Phi) is 4.31. The SMILES string of the molecule is CC1NCC(C)(C)CN(C2CCCCCC2)C1=O. The van der Waals surface area contributed by atoms with E-state index in [0.717, 1.165) is 13.1 Å². The molecule has 1 N–H and O–H groups in total. The first kappa shape index (κ1) is 13.9. The highest BCUT2D eigenvalue weighted by Gasteiger charge is 2.35. The standard InChI is InChI=1S/C15H28N2O/c1-12-14(18)17(11-15(2,3)10-16-12)13-8-6-4-5-7-9-13/h12-13,16H,4-11H2,1-3H3. The number of nitrogens with zero attached hydrogens (tertiary/aromatic N) is 1. The van der Waals surface area contributed by atoms with E-state index in [1.54, 1.807) is 0 Å². The molecule has 1 aliphatic heterocycles. The first-order chi connectivity index (χ1) is 8.49. The van der Waals surface area contributed by atoms with E-state index >= 15 is 0 Å². The first-order valence-electron chi connectivity index (χ1n) is 7.53. The summed E-state index contributed by atoms with van der Waals surface area (Å²) in [6.45, 7) is 8.37. The predicted octanol–water partition coefficient (Wildman–Crippen LogP) is 2.56. The van der Waals surface area contributed by atoms with Gasteiger partial charge < -0.3 is 10.2 Å². The summed E-state index contributed by atoms with van der Waals surface area (Å²) in [5, 5.41) is 3.38. The third kappa shape index (κ3) is 3.25. The Hall–Kier alpha value is -0.570. The summed E-state index contributed by atoms with van der Waals surface area (Å²) < 4.78 is 0. The normalized spacial score (nSPS) is 30.9. The van der Waals surface area contributed by atoms with Gasteiger partial charge in [0.15, 0.2) is 0 Å². The largest absolute Gasteiger partial charge is 0.338 e. The van der Waals surface area contributed by atoms with E-state index in [0.29, 0.717) is 11.9 Å². The summed E-state index contributed by atoms with van der Waals surface area (Å²) in [6, 6.07) is 0.469. The van der Waals surface area contributed by atoms with Crippen molar-refractivity contribution in [1.29, 1.82) is 0 Å². The van der Waals surface area contributed by atoms with E-state index in [-0.39, 0.29) is 11.5 Å². The molecule has 1 amide bonds. The van der Waals surface area contributed by atoms with Crippen LogP contribution in [0.2, 0.25) is 0 Å². The van der Waals surface area contributed by atoms with Crippen LogP contribution in [-0.4, -0.2) is 36.0 Å². The monoisotopic (exact) mass is 252 g/mol. The second kappa shape index (κ2) is 5.60. The molecule has 0 aromatic heterocycles. The van der Waals surface area contributed by atoms with E-state index < -0.39 is 0 Å². The topological polar surface area (TPSA) is 32.3 Å². The Bertz CT molecular complexity index is 293. The van der Waals surface area contributed by atoms with Gasteiger partial charge in [0.2, 0.25) is 5.91 Å². The van der Waals surface area contributed by atoms with Gasteiger partial charge in [-0.05, 0) is 25.2 Å². The number of amides is 1. The summed E-state index contributed by atoms with van der Waals surface area (Å²) in [5.74, 6) is 0.312. The number of rotatable bonds is 1. The van der Waals surface area contributed by atoms with Crippen molar-refractivity contribution in [2.45, 2.75) is 71.4 Å². The molecule has 3 heteroatoms. The molecule has 0 radical (unpaired) electrons. The zero-order chi connectivity index (χ0) is 13.2. The van der Waals surface area contributed by atoms with Crippen LogP contribution in [0.1, 0.15) is 59.3 Å². The molecule has 2 aliphatic rings.